The average molecular weight is 310 g/mol. The first kappa shape index (κ1) is 18.2. The maximum Gasteiger partial charge on any atom is 0.406 e. The third-order valence-electron chi connectivity index (χ3n) is 4.02. The second-order valence-corrected chi connectivity index (χ2v) is 5.72. The molecule has 21 heavy (non-hydrogen) atoms. The van der Waals surface area contributed by atoms with E-state index in [1.807, 2.05) is 6.92 Å². The molecule has 124 valence electrons. The summed E-state index contributed by atoms with van der Waals surface area (Å²) in [7, 11) is 0. The Morgan fingerprint density at radius 3 is 2.48 bits per heavy atom. The Morgan fingerprint density at radius 2 is 2.05 bits per heavy atom. The lowest BCUT2D eigenvalue weighted by Gasteiger charge is -2.41. The highest BCUT2D eigenvalue weighted by atomic mass is 19.4. The highest BCUT2D eigenvalue weighted by Gasteiger charge is 2.40. The molecule has 1 amide bonds. The largest absolute Gasteiger partial charge is 0.406 e. The smallest absolute Gasteiger partial charge is 0.382 e. The molecule has 0 radical (unpaired) electrons. The van der Waals surface area contributed by atoms with Crippen LogP contribution in [0.5, 0.6) is 0 Å². The van der Waals surface area contributed by atoms with E-state index in [0.29, 0.717) is 26.2 Å². The summed E-state index contributed by atoms with van der Waals surface area (Å²) in [5.41, 5.74) is 5.39. The van der Waals surface area contributed by atoms with Crippen molar-refractivity contribution in [1.82, 2.24) is 4.90 Å². The molecule has 1 fully saturated rings. The Kier molecular flexibility index (Phi) is 6.93. The number of hydrogen-bond acceptors (Lipinski definition) is 3. The van der Waals surface area contributed by atoms with Crippen LogP contribution in [0.2, 0.25) is 0 Å². The predicted molar refractivity (Wildman–Crippen MR) is 73.7 cm³/mol. The SMILES string of the molecule is CCOCCCN(CC(F)(F)F)C(=O)CC1(CN)CCC1. The van der Waals surface area contributed by atoms with Gasteiger partial charge in [-0.2, -0.15) is 13.2 Å². The van der Waals surface area contributed by atoms with Crippen LogP contribution in [0.1, 0.15) is 39.0 Å². The number of rotatable bonds is 9. The molecule has 0 spiro atoms. The second-order valence-electron chi connectivity index (χ2n) is 5.72. The van der Waals surface area contributed by atoms with Gasteiger partial charge in [0.1, 0.15) is 6.54 Å². The first-order valence-electron chi connectivity index (χ1n) is 7.44. The lowest BCUT2D eigenvalue weighted by molar-refractivity contribution is -0.163. The molecule has 0 saturated heterocycles. The van der Waals surface area contributed by atoms with Crippen molar-refractivity contribution in [2.24, 2.45) is 11.1 Å². The van der Waals surface area contributed by atoms with Crippen LogP contribution in [-0.2, 0) is 9.53 Å². The summed E-state index contributed by atoms with van der Waals surface area (Å²) < 4.78 is 42.9. The standard InChI is InChI=1S/C14H25F3N2O2/c1-2-21-8-4-7-19(11-14(15,16)17)12(20)9-13(10-18)5-3-6-13/h2-11,18H2,1H3. The van der Waals surface area contributed by atoms with E-state index >= 15 is 0 Å². The molecule has 0 aromatic heterocycles. The zero-order chi connectivity index (χ0) is 15.9. The van der Waals surface area contributed by atoms with Gasteiger partial charge < -0.3 is 15.4 Å². The summed E-state index contributed by atoms with van der Waals surface area (Å²) in [5.74, 6) is -0.450. The zero-order valence-electron chi connectivity index (χ0n) is 12.5. The van der Waals surface area contributed by atoms with Gasteiger partial charge in [0.25, 0.3) is 0 Å². The van der Waals surface area contributed by atoms with Gasteiger partial charge in [-0.1, -0.05) is 6.42 Å². The zero-order valence-corrected chi connectivity index (χ0v) is 12.5. The van der Waals surface area contributed by atoms with Crippen molar-refractivity contribution in [2.75, 3.05) is 32.8 Å². The summed E-state index contributed by atoms with van der Waals surface area (Å²) in [6.07, 6.45) is -1.20. The number of amides is 1. The molecule has 0 bridgehead atoms. The number of carbonyl (C=O) groups is 1. The van der Waals surface area contributed by atoms with Crippen molar-refractivity contribution in [1.29, 1.82) is 0 Å². The summed E-state index contributed by atoms with van der Waals surface area (Å²) in [5, 5.41) is 0. The van der Waals surface area contributed by atoms with Crippen LogP contribution in [0.4, 0.5) is 13.2 Å². The Bertz CT molecular complexity index is 325. The van der Waals surface area contributed by atoms with E-state index in [1.165, 1.54) is 0 Å². The first-order valence-corrected chi connectivity index (χ1v) is 7.44. The van der Waals surface area contributed by atoms with E-state index in [9.17, 15) is 18.0 Å². The average Bonchev–Trinajstić information content (AvgIpc) is 2.36. The Balaban J connectivity index is 2.54. The van der Waals surface area contributed by atoms with E-state index < -0.39 is 18.6 Å². The van der Waals surface area contributed by atoms with Gasteiger partial charge in [0.2, 0.25) is 5.91 Å². The van der Waals surface area contributed by atoms with Crippen LogP contribution in [-0.4, -0.2) is 49.8 Å². The minimum atomic E-state index is -4.38. The minimum absolute atomic E-state index is 0.0684. The van der Waals surface area contributed by atoms with Crippen LogP contribution < -0.4 is 5.73 Å². The number of halogens is 3. The fourth-order valence-electron chi connectivity index (χ4n) is 2.57. The van der Waals surface area contributed by atoms with Crippen molar-refractivity contribution in [3.8, 4) is 0 Å². The molecule has 1 aliphatic rings. The van der Waals surface area contributed by atoms with Crippen molar-refractivity contribution >= 4 is 5.91 Å². The van der Waals surface area contributed by atoms with Crippen LogP contribution in [0.25, 0.3) is 0 Å². The Hall–Kier alpha value is -0.820. The van der Waals surface area contributed by atoms with Crippen LogP contribution in [0.3, 0.4) is 0 Å². The molecular weight excluding hydrogens is 285 g/mol. The molecule has 0 aliphatic heterocycles. The molecule has 0 heterocycles. The fraction of sp³-hybridized carbons (Fsp3) is 0.929. The first-order chi connectivity index (χ1) is 9.82. The molecule has 1 aliphatic carbocycles. The van der Waals surface area contributed by atoms with Gasteiger partial charge in [-0.05, 0) is 38.1 Å². The van der Waals surface area contributed by atoms with E-state index in [4.69, 9.17) is 10.5 Å². The highest BCUT2D eigenvalue weighted by Crippen LogP contribution is 2.43. The summed E-state index contributed by atoms with van der Waals surface area (Å²) in [6, 6.07) is 0. The normalized spacial score (nSPS) is 17.4. The lowest BCUT2D eigenvalue weighted by Crippen LogP contribution is -2.46. The molecule has 0 aromatic carbocycles. The summed E-state index contributed by atoms with van der Waals surface area (Å²) in [4.78, 5) is 13.1. The van der Waals surface area contributed by atoms with Crippen molar-refractivity contribution in [2.45, 2.75) is 45.2 Å². The number of carbonyl (C=O) groups excluding carboxylic acids is 1. The Labute approximate surface area is 123 Å². The number of nitrogens with two attached hydrogens (primary N) is 1. The quantitative estimate of drug-likeness (QED) is 0.665. The predicted octanol–water partition coefficient (Wildman–Crippen LogP) is 2.32. The molecule has 4 nitrogen and oxygen atoms in total. The van der Waals surface area contributed by atoms with Crippen molar-refractivity contribution < 1.29 is 22.7 Å². The van der Waals surface area contributed by atoms with Gasteiger partial charge in [0.15, 0.2) is 0 Å². The molecule has 0 unspecified atom stereocenters. The molecule has 0 atom stereocenters. The number of ether oxygens (including phenoxy) is 1. The van der Waals surface area contributed by atoms with Crippen molar-refractivity contribution in [3.63, 3.8) is 0 Å². The fourth-order valence-corrected chi connectivity index (χ4v) is 2.57. The van der Waals surface area contributed by atoms with Gasteiger partial charge in [-0.3, -0.25) is 4.79 Å². The van der Waals surface area contributed by atoms with Crippen LogP contribution in [0, 0.1) is 5.41 Å². The van der Waals surface area contributed by atoms with Gasteiger partial charge in [0, 0.05) is 26.2 Å². The van der Waals surface area contributed by atoms with E-state index in [1.54, 1.807) is 0 Å². The highest BCUT2D eigenvalue weighted by molar-refractivity contribution is 5.77. The molecule has 1 saturated carbocycles. The topological polar surface area (TPSA) is 55.6 Å². The minimum Gasteiger partial charge on any atom is -0.382 e. The number of hydrogen-bond donors (Lipinski definition) is 1. The van der Waals surface area contributed by atoms with Gasteiger partial charge >= 0.3 is 6.18 Å². The van der Waals surface area contributed by atoms with Crippen LogP contribution >= 0.6 is 0 Å². The van der Waals surface area contributed by atoms with E-state index in [0.717, 1.165) is 24.2 Å². The molecular formula is C14H25F3N2O2. The van der Waals surface area contributed by atoms with Gasteiger partial charge in [0.05, 0.1) is 0 Å². The van der Waals surface area contributed by atoms with Gasteiger partial charge in [-0.15, -0.1) is 0 Å². The maximum absolute atomic E-state index is 12.6. The molecule has 7 heteroatoms. The third kappa shape index (κ3) is 6.22. The number of alkyl halides is 3. The van der Waals surface area contributed by atoms with Crippen molar-refractivity contribution in [3.05, 3.63) is 0 Å². The maximum atomic E-state index is 12.6. The third-order valence-corrected chi connectivity index (χ3v) is 4.02. The summed E-state index contributed by atoms with van der Waals surface area (Å²) in [6.45, 7) is 1.93. The molecule has 0 aromatic rings. The number of nitrogens with zero attached hydrogens (tertiary/aromatic N) is 1. The van der Waals surface area contributed by atoms with Gasteiger partial charge in [-0.25, -0.2) is 0 Å². The Morgan fingerprint density at radius 1 is 1.38 bits per heavy atom. The second kappa shape index (κ2) is 7.98. The van der Waals surface area contributed by atoms with Crippen LogP contribution in [0.15, 0.2) is 0 Å². The molecule has 1 rings (SSSR count). The van der Waals surface area contributed by atoms with E-state index in [-0.39, 0.29) is 18.4 Å². The van der Waals surface area contributed by atoms with E-state index in [2.05, 4.69) is 0 Å². The molecule has 2 N–H and O–H groups in total. The lowest BCUT2D eigenvalue weighted by atomic mass is 9.66. The summed E-state index contributed by atoms with van der Waals surface area (Å²) >= 11 is 0. The monoisotopic (exact) mass is 310 g/mol.